The average Bonchev–Trinajstić information content (AvgIpc) is 2.63. The van der Waals surface area contributed by atoms with Crippen LogP contribution in [0.15, 0.2) is 72.9 Å². The lowest BCUT2D eigenvalue weighted by molar-refractivity contribution is 0.102. The number of phenols is 1. The molecule has 5 nitrogen and oxygen atoms in total. The van der Waals surface area contributed by atoms with Gasteiger partial charge in [-0.25, -0.2) is 4.98 Å². The topological polar surface area (TPSA) is 71.5 Å². The molecule has 0 spiro atoms. The molecule has 1 amide bonds. The second kappa shape index (κ2) is 7.28. The molecule has 24 heavy (non-hydrogen) atoms. The number of para-hydroxylation sites is 2. The molecule has 0 atom stereocenters. The van der Waals surface area contributed by atoms with Crippen molar-refractivity contribution < 1.29 is 14.6 Å². The summed E-state index contributed by atoms with van der Waals surface area (Å²) in [6, 6.07) is 19.6. The number of phenolic OH excluding ortho intramolecular Hbond substituents is 1. The first-order valence-corrected chi connectivity index (χ1v) is 7.44. The highest BCUT2D eigenvalue weighted by Gasteiger charge is 2.09. The lowest BCUT2D eigenvalue weighted by Gasteiger charge is -2.08. The van der Waals surface area contributed by atoms with E-state index in [-0.39, 0.29) is 11.7 Å². The van der Waals surface area contributed by atoms with Crippen LogP contribution in [0.4, 0.5) is 5.69 Å². The average molecular weight is 320 g/mol. The second-order valence-corrected chi connectivity index (χ2v) is 5.13. The third-order valence-electron chi connectivity index (χ3n) is 3.38. The third-order valence-corrected chi connectivity index (χ3v) is 3.38. The van der Waals surface area contributed by atoms with Crippen LogP contribution in [0, 0.1) is 0 Å². The number of ether oxygens (including phenoxy) is 1. The van der Waals surface area contributed by atoms with Gasteiger partial charge < -0.3 is 15.2 Å². The number of nitrogens with zero attached hydrogens (tertiary/aromatic N) is 1. The van der Waals surface area contributed by atoms with Gasteiger partial charge >= 0.3 is 0 Å². The SMILES string of the molecule is O=C(Nc1ccccc1O)c1ccc(OCc2ccccc2)nc1. The Bertz CT molecular complexity index is 818. The number of hydrogen-bond acceptors (Lipinski definition) is 4. The van der Waals surface area contributed by atoms with Crippen molar-refractivity contribution in [3.8, 4) is 11.6 Å². The summed E-state index contributed by atoms with van der Waals surface area (Å²) in [5, 5.41) is 12.3. The molecule has 0 bridgehead atoms. The quantitative estimate of drug-likeness (QED) is 0.704. The van der Waals surface area contributed by atoms with Crippen LogP contribution in [0.5, 0.6) is 11.6 Å². The lowest BCUT2D eigenvalue weighted by Crippen LogP contribution is -2.12. The first-order valence-electron chi connectivity index (χ1n) is 7.44. The third kappa shape index (κ3) is 3.89. The molecule has 120 valence electrons. The smallest absolute Gasteiger partial charge is 0.257 e. The van der Waals surface area contributed by atoms with Crippen LogP contribution < -0.4 is 10.1 Å². The van der Waals surface area contributed by atoms with Gasteiger partial charge in [0.25, 0.3) is 5.91 Å². The summed E-state index contributed by atoms with van der Waals surface area (Å²) in [6.07, 6.45) is 1.44. The molecular weight excluding hydrogens is 304 g/mol. The summed E-state index contributed by atoms with van der Waals surface area (Å²) in [7, 11) is 0. The van der Waals surface area contributed by atoms with Gasteiger partial charge in [-0.15, -0.1) is 0 Å². The van der Waals surface area contributed by atoms with Crippen molar-refractivity contribution in [3.05, 3.63) is 84.1 Å². The summed E-state index contributed by atoms with van der Waals surface area (Å²) in [6.45, 7) is 0.414. The number of rotatable bonds is 5. The van der Waals surface area contributed by atoms with E-state index in [1.54, 1.807) is 30.3 Å². The van der Waals surface area contributed by atoms with E-state index in [1.807, 2.05) is 30.3 Å². The zero-order chi connectivity index (χ0) is 16.8. The normalized spacial score (nSPS) is 10.2. The van der Waals surface area contributed by atoms with E-state index in [4.69, 9.17) is 4.74 Å². The molecule has 2 N–H and O–H groups in total. The summed E-state index contributed by atoms with van der Waals surface area (Å²) in [5.41, 5.74) is 1.78. The van der Waals surface area contributed by atoms with Gasteiger partial charge in [0.15, 0.2) is 0 Å². The summed E-state index contributed by atoms with van der Waals surface area (Å²) in [4.78, 5) is 16.3. The van der Waals surface area contributed by atoms with Gasteiger partial charge in [-0.3, -0.25) is 4.79 Å². The zero-order valence-corrected chi connectivity index (χ0v) is 12.8. The van der Waals surface area contributed by atoms with E-state index in [0.29, 0.717) is 23.7 Å². The predicted molar refractivity (Wildman–Crippen MR) is 91.1 cm³/mol. The van der Waals surface area contributed by atoms with Crippen LogP contribution in [0.1, 0.15) is 15.9 Å². The molecule has 3 aromatic rings. The maximum atomic E-state index is 12.2. The number of nitrogens with one attached hydrogen (secondary N) is 1. The van der Waals surface area contributed by atoms with Gasteiger partial charge in [0.2, 0.25) is 5.88 Å². The maximum absolute atomic E-state index is 12.2. The fraction of sp³-hybridized carbons (Fsp3) is 0.0526. The van der Waals surface area contributed by atoms with Crippen molar-refractivity contribution >= 4 is 11.6 Å². The Labute approximate surface area is 139 Å². The Kier molecular flexibility index (Phi) is 4.72. The first kappa shape index (κ1) is 15.6. The number of carbonyl (C=O) groups is 1. The van der Waals surface area contributed by atoms with Crippen molar-refractivity contribution in [2.75, 3.05) is 5.32 Å². The molecule has 0 unspecified atom stereocenters. The summed E-state index contributed by atoms with van der Waals surface area (Å²) >= 11 is 0. The molecule has 0 aliphatic heterocycles. The van der Waals surface area contributed by atoms with Crippen LogP contribution >= 0.6 is 0 Å². The minimum Gasteiger partial charge on any atom is -0.506 e. The van der Waals surface area contributed by atoms with E-state index in [2.05, 4.69) is 10.3 Å². The number of amides is 1. The number of pyridine rings is 1. The van der Waals surface area contributed by atoms with Crippen LogP contribution in [0.3, 0.4) is 0 Å². The largest absolute Gasteiger partial charge is 0.506 e. The van der Waals surface area contributed by atoms with Crippen molar-refractivity contribution in [1.82, 2.24) is 4.98 Å². The molecule has 2 aromatic carbocycles. The predicted octanol–water partition coefficient (Wildman–Crippen LogP) is 3.62. The molecule has 0 aliphatic rings. The highest BCUT2D eigenvalue weighted by molar-refractivity contribution is 6.04. The van der Waals surface area contributed by atoms with Crippen LogP contribution in [0.25, 0.3) is 0 Å². The van der Waals surface area contributed by atoms with Crippen molar-refractivity contribution in [3.63, 3.8) is 0 Å². The second-order valence-electron chi connectivity index (χ2n) is 5.13. The van der Waals surface area contributed by atoms with Crippen molar-refractivity contribution in [2.45, 2.75) is 6.61 Å². The number of benzene rings is 2. The Hall–Kier alpha value is -3.34. The lowest BCUT2D eigenvalue weighted by atomic mass is 10.2. The number of carbonyl (C=O) groups excluding carboxylic acids is 1. The van der Waals surface area contributed by atoms with Crippen LogP contribution in [-0.2, 0) is 6.61 Å². The van der Waals surface area contributed by atoms with E-state index in [1.165, 1.54) is 12.3 Å². The Balaban J connectivity index is 1.61. The van der Waals surface area contributed by atoms with Gasteiger partial charge in [-0.2, -0.15) is 0 Å². The van der Waals surface area contributed by atoms with Gasteiger partial charge in [0.05, 0.1) is 11.3 Å². The first-order chi connectivity index (χ1) is 11.7. The fourth-order valence-corrected chi connectivity index (χ4v) is 2.11. The Morgan fingerprint density at radius 1 is 1.00 bits per heavy atom. The van der Waals surface area contributed by atoms with E-state index < -0.39 is 0 Å². The summed E-state index contributed by atoms with van der Waals surface area (Å²) < 4.78 is 5.58. The van der Waals surface area contributed by atoms with Gasteiger partial charge in [-0.05, 0) is 23.8 Å². The van der Waals surface area contributed by atoms with E-state index in [9.17, 15) is 9.90 Å². The number of aromatic nitrogens is 1. The van der Waals surface area contributed by atoms with E-state index >= 15 is 0 Å². The van der Waals surface area contributed by atoms with Crippen molar-refractivity contribution in [1.29, 1.82) is 0 Å². The minimum atomic E-state index is -0.349. The van der Waals surface area contributed by atoms with Gasteiger partial charge in [0.1, 0.15) is 12.4 Å². The zero-order valence-electron chi connectivity index (χ0n) is 12.8. The standard InChI is InChI=1S/C19H16N2O3/c22-17-9-5-4-8-16(17)21-19(23)15-10-11-18(20-12-15)24-13-14-6-2-1-3-7-14/h1-12,22H,13H2,(H,21,23). The Morgan fingerprint density at radius 2 is 1.75 bits per heavy atom. The molecule has 0 radical (unpaired) electrons. The fourth-order valence-electron chi connectivity index (χ4n) is 2.11. The summed E-state index contributed by atoms with van der Waals surface area (Å²) in [5.74, 6) is 0.109. The Morgan fingerprint density at radius 3 is 2.46 bits per heavy atom. The molecule has 1 heterocycles. The minimum absolute atomic E-state index is 0.0154. The van der Waals surface area contributed by atoms with Crippen LogP contribution in [0.2, 0.25) is 0 Å². The molecule has 0 aliphatic carbocycles. The number of anilines is 1. The van der Waals surface area contributed by atoms with Gasteiger partial charge in [-0.1, -0.05) is 42.5 Å². The molecule has 0 saturated carbocycles. The molecular formula is C19H16N2O3. The number of hydrogen-bond donors (Lipinski definition) is 2. The van der Waals surface area contributed by atoms with E-state index in [0.717, 1.165) is 5.56 Å². The molecule has 0 fully saturated rings. The molecule has 3 rings (SSSR count). The van der Waals surface area contributed by atoms with Crippen molar-refractivity contribution in [2.24, 2.45) is 0 Å². The monoisotopic (exact) mass is 320 g/mol. The van der Waals surface area contributed by atoms with Gasteiger partial charge in [0, 0.05) is 12.3 Å². The molecule has 1 aromatic heterocycles. The highest BCUT2D eigenvalue weighted by Crippen LogP contribution is 2.22. The molecule has 5 heteroatoms. The number of aromatic hydroxyl groups is 1. The molecule has 0 saturated heterocycles. The maximum Gasteiger partial charge on any atom is 0.257 e. The highest BCUT2D eigenvalue weighted by atomic mass is 16.5. The van der Waals surface area contributed by atoms with Crippen LogP contribution in [-0.4, -0.2) is 16.0 Å².